The molecule has 3 aromatic rings. The maximum absolute atomic E-state index is 13.5. The van der Waals surface area contributed by atoms with Gasteiger partial charge in [-0.25, -0.2) is 9.50 Å². The maximum atomic E-state index is 13.5. The van der Waals surface area contributed by atoms with Gasteiger partial charge in [-0.05, 0) is 24.6 Å². The number of hydrogen-bond acceptors (Lipinski definition) is 3. The van der Waals surface area contributed by atoms with E-state index < -0.39 is 17.8 Å². The zero-order valence-corrected chi connectivity index (χ0v) is 15.5. The molecular formula is C17H13Cl2F3N4O. The van der Waals surface area contributed by atoms with Gasteiger partial charge in [0.2, 0.25) is 0 Å². The minimum Gasteiger partial charge on any atom is -0.351 e. The Morgan fingerprint density at radius 3 is 2.56 bits per heavy atom. The second-order valence-corrected chi connectivity index (χ2v) is 6.52. The third kappa shape index (κ3) is 4.01. The maximum Gasteiger partial charge on any atom is 0.433 e. The van der Waals surface area contributed by atoms with Crippen molar-refractivity contribution in [2.24, 2.45) is 0 Å². The monoisotopic (exact) mass is 416 g/mol. The summed E-state index contributed by atoms with van der Waals surface area (Å²) in [5.41, 5.74) is -0.909. The number of halogens is 5. The first-order valence-corrected chi connectivity index (χ1v) is 8.68. The van der Waals surface area contributed by atoms with Crippen molar-refractivity contribution in [2.45, 2.75) is 19.5 Å². The predicted molar refractivity (Wildman–Crippen MR) is 96.1 cm³/mol. The Hall–Kier alpha value is -2.32. The summed E-state index contributed by atoms with van der Waals surface area (Å²) in [5.74, 6) is -0.563. The molecule has 1 amide bonds. The van der Waals surface area contributed by atoms with Crippen molar-refractivity contribution < 1.29 is 18.0 Å². The summed E-state index contributed by atoms with van der Waals surface area (Å²) in [6.45, 7) is 2.25. The third-order valence-electron chi connectivity index (χ3n) is 3.70. The zero-order chi connectivity index (χ0) is 19.8. The largest absolute Gasteiger partial charge is 0.433 e. The van der Waals surface area contributed by atoms with Gasteiger partial charge < -0.3 is 5.32 Å². The lowest BCUT2D eigenvalue weighted by Crippen LogP contribution is -2.24. The lowest BCUT2D eigenvalue weighted by Gasteiger charge is -2.11. The number of amides is 1. The molecule has 2 aromatic heterocycles. The van der Waals surface area contributed by atoms with Crippen LogP contribution in [0.5, 0.6) is 0 Å². The van der Waals surface area contributed by atoms with E-state index in [0.29, 0.717) is 23.0 Å². The molecule has 0 saturated carbocycles. The summed E-state index contributed by atoms with van der Waals surface area (Å²) in [7, 11) is 0. The van der Waals surface area contributed by atoms with Crippen LogP contribution in [0.4, 0.5) is 13.2 Å². The van der Waals surface area contributed by atoms with Gasteiger partial charge in [0.1, 0.15) is 0 Å². The van der Waals surface area contributed by atoms with E-state index in [1.807, 2.05) is 6.92 Å². The molecule has 0 radical (unpaired) electrons. The van der Waals surface area contributed by atoms with Gasteiger partial charge >= 0.3 is 6.18 Å². The first kappa shape index (κ1) is 19.4. The molecule has 0 fully saturated rings. The van der Waals surface area contributed by atoms with Gasteiger partial charge in [-0.15, -0.1) is 0 Å². The van der Waals surface area contributed by atoms with E-state index in [1.165, 1.54) is 24.3 Å². The Morgan fingerprint density at radius 1 is 1.19 bits per heavy atom. The van der Waals surface area contributed by atoms with Crippen molar-refractivity contribution >= 4 is 34.8 Å². The van der Waals surface area contributed by atoms with E-state index in [9.17, 15) is 18.0 Å². The van der Waals surface area contributed by atoms with Gasteiger partial charge in [0.25, 0.3) is 5.91 Å². The lowest BCUT2D eigenvalue weighted by molar-refractivity contribution is -0.142. The van der Waals surface area contributed by atoms with Gasteiger partial charge in [-0.2, -0.15) is 18.3 Å². The van der Waals surface area contributed by atoms with Gasteiger partial charge in [0.05, 0.1) is 15.7 Å². The smallest absolute Gasteiger partial charge is 0.351 e. The summed E-state index contributed by atoms with van der Waals surface area (Å²) < 4.78 is 41.2. The normalized spacial score (nSPS) is 11.8. The molecule has 1 N–H and O–H groups in total. The van der Waals surface area contributed by atoms with Gasteiger partial charge in [-0.3, -0.25) is 4.79 Å². The second-order valence-electron chi connectivity index (χ2n) is 5.71. The molecule has 0 aliphatic carbocycles. The summed E-state index contributed by atoms with van der Waals surface area (Å²) in [4.78, 5) is 16.2. The molecule has 0 aliphatic rings. The molecule has 0 bridgehead atoms. The molecule has 3 rings (SSSR count). The standard InChI is InChI=1S/C17H13Cl2F3N4O/c1-2-5-23-16(27)13-8-15-24-12(9-3-4-10(18)11(19)6-9)7-14(17(20,21)22)26(15)25-13/h3-4,6-8H,2,5H2,1H3,(H,23,27). The molecule has 0 unspecified atom stereocenters. The van der Waals surface area contributed by atoms with Crippen LogP contribution in [0.3, 0.4) is 0 Å². The van der Waals surface area contributed by atoms with Crippen LogP contribution in [0.1, 0.15) is 29.5 Å². The van der Waals surface area contributed by atoms with E-state index in [1.54, 1.807) is 0 Å². The van der Waals surface area contributed by atoms with Crippen LogP contribution in [-0.2, 0) is 6.18 Å². The molecule has 0 aliphatic heterocycles. The molecule has 27 heavy (non-hydrogen) atoms. The Morgan fingerprint density at radius 2 is 1.93 bits per heavy atom. The molecule has 10 heteroatoms. The van der Waals surface area contributed by atoms with Crippen LogP contribution in [0.25, 0.3) is 16.9 Å². The summed E-state index contributed by atoms with van der Waals surface area (Å²) >= 11 is 11.8. The van der Waals surface area contributed by atoms with Crippen LogP contribution in [0.2, 0.25) is 10.0 Å². The number of hydrogen-bond donors (Lipinski definition) is 1. The lowest BCUT2D eigenvalue weighted by atomic mass is 10.1. The van der Waals surface area contributed by atoms with Crippen LogP contribution < -0.4 is 5.32 Å². The summed E-state index contributed by atoms with van der Waals surface area (Å²) in [6, 6.07) is 6.47. The fourth-order valence-corrected chi connectivity index (χ4v) is 2.72. The van der Waals surface area contributed by atoms with Crippen LogP contribution >= 0.6 is 23.2 Å². The van der Waals surface area contributed by atoms with Crippen molar-refractivity contribution in [2.75, 3.05) is 6.54 Å². The van der Waals surface area contributed by atoms with E-state index in [4.69, 9.17) is 23.2 Å². The van der Waals surface area contributed by atoms with Crippen molar-refractivity contribution in [3.05, 3.63) is 51.8 Å². The highest BCUT2D eigenvalue weighted by atomic mass is 35.5. The van der Waals surface area contributed by atoms with Crippen LogP contribution in [0.15, 0.2) is 30.3 Å². The van der Waals surface area contributed by atoms with Crippen molar-refractivity contribution in [1.29, 1.82) is 0 Å². The van der Waals surface area contributed by atoms with E-state index in [2.05, 4.69) is 15.4 Å². The Labute approximate surface area is 162 Å². The first-order valence-electron chi connectivity index (χ1n) is 7.92. The van der Waals surface area contributed by atoms with E-state index >= 15 is 0 Å². The molecule has 142 valence electrons. The summed E-state index contributed by atoms with van der Waals surface area (Å²) in [6.07, 6.45) is -4.01. The van der Waals surface area contributed by atoms with E-state index in [0.717, 1.165) is 6.07 Å². The molecule has 2 heterocycles. The van der Waals surface area contributed by atoms with Crippen molar-refractivity contribution in [1.82, 2.24) is 19.9 Å². The van der Waals surface area contributed by atoms with Crippen molar-refractivity contribution in [3.8, 4) is 11.3 Å². The average Bonchev–Trinajstić information content (AvgIpc) is 3.04. The summed E-state index contributed by atoms with van der Waals surface area (Å²) in [5, 5.41) is 6.81. The Bertz CT molecular complexity index is 1020. The number of aromatic nitrogens is 3. The number of nitrogens with one attached hydrogen (secondary N) is 1. The SMILES string of the molecule is CCCNC(=O)c1cc2nc(-c3ccc(Cl)c(Cl)c3)cc(C(F)(F)F)n2n1. The topological polar surface area (TPSA) is 59.3 Å². The van der Waals surface area contributed by atoms with Gasteiger partial charge in [0, 0.05) is 18.2 Å². The average molecular weight is 417 g/mol. The highest BCUT2D eigenvalue weighted by molar-refractivity contribution is 6.42. The van der Waals surface area contributed by atoms with Crippen molar-refractivity contribution in [3.63, 3.8) is 0 Å². The predicted octanol–water partition coefficient (Wildman–Crippen LogP) is 4.86. The highest BCUT2D eigenvalue weighted by Crippen LogP contribution is 2.34. The molecule has 0 spiro atoms. The minimum absolute atomic E-state index is 0.0359. The molecule has 5 nitrogen and oxygen atoms in total. The van der Waals surface area contributed by atoms with Crippen LogP contribution in [-0.4, -0.2) is 27.0 Å². The number of carbonyl (C=O) groups is 1. The minimum atomic E-state index is -4.70. The second kappa shape index (κ2) is 7.36. The zero-order valence-electron chi connectivity index (χ0n) is 13.9. The number of fused-ring (bicyclic) bond motifs is 1. The number of rotatable bonds is 4. The number of carbonyl (C=O) groups excluding carboxylic acids is 1. The third-order valence-corrected chi connectivity index (χ3v) is 4.44. The molecule has 0 saturated heterocycles. The van der Waals surface area contributed by atoms with E-state index in [-0.39, 0.29) is 27.1 Å². The molecule has 0 atom stereocenters. The quantitative estimate of drug-likeness (QED) is 0.660. The van der Waals surface area contributed by atoms with Crippen LogP contribution in [0, 0.1) is 0 Å². The molecule has 1 aromatic carbocycles. The Kier molecular flexibility index (Phi) is 5.30. The first-order chi connectivity index (χ1) is 12.7. The highest BCUT2D eigenvalue weighted by Gasteiger charge is 2.35. The van der Waals surface area contributed by atoms with Gasteiger partial charge in [0.15, 0.2) is 17.0 Å². The molecular weight excluding hydrogens is 404 g/mol. The fraction of sp³-hybridized carbons (Fsp3) is 0.235. The number of benzene rings is 1. The number of alkyl halides is 3. The Balaban J connectivity index is 2.16. The number of nitrogens with zero attached hydrogens (tertiary/aromatic N) is 3. The van der Waals surface area contributed by atoms with Gasteiger partial charge in [-0.1, -0.05) is 36.2 Å². The fourth-order valence-electron chi connectivity index (χ4n) is 2.42.